The summed E-state index contributed by atoms with van der Waals surface area (Å²) in [4.78, 5) is 17.2. The van der Waals surface area contributed by atoms with Gasteiger partial charge in [0.15, 0.2) is 0 Å². The largest absolute Gasteiger partial charge is 0.303 e. The molecule has 34 heavy (non-hydrogen) atoms. The summed E-state index contributed by atoms with van der Waals surface area (Å²) in [7, 11) is 0. The van der Waals surface area contributed by atoms with E-state index in [1.165, 1.54) is 44.7 Å². The third-order valence-electron chi connectivity index (χ3n) is 7.57. The van der Waals surface area contributed by atoms with Crippen LogP contribution in [0.1, 0.15) is 31.0 Å². The fourth-order valence-corrected chi connectivity index (χ4v) is 5.52. The summed E-state index contributed by atoms with van der Waals surface area (Å²) in [5.74, 6) is 2.51. The molecule has 2 aliphatic rings. The molecule has 0 unspecified atom stereocenters. The molecular weight excluding hydrogens is 418 g/mol. The van der Waals surface area contributed by atoms with E-state index in [0.29, 0.717) is 5.92 Å². The Morgan fingerprint density at radius 3 is 2.56 bits per heavy atom. The highest BCUT2D eigenvalue weighted by Crippen LogP contribution is 2.43. The van der Waals surface area contributed by atoms with Crippen LogP contribution in [0.25, 0.3) is 38.9 Å². The maximum Gasteiger partial charge on any atom is 0.117 e. The second-order valence-electron chi connectivity index (χ2n) is 9.81. The van der Waals surface area contributed by atoms with E-state index >= 15 is 0 Å². The average Bonchev–Trinajstić information content (AvgIpc) is 3.21. The van der Waals surface area contributed by atoms with Crippen molar-refractivity contribution in [3.63, 3.8) is 0 Å². The van der Waals surface area contributed by atoms with Gasteiger partial charge in [-0.05, 0) is 50.4 Å². The molecule has 0 amide bonds. The summed E-state index contributed by atoms with van der Waals surface area (Å²) < 4.78 is 2.25. The molecule has 5 heteroatoms. The minimum Gasteiger partial charge on any atom is -0.303 e. The molecule has 4 heterocycles. The van der Waals surface area contributed by atoms with Crippen molar-refractivity contribution < 1.29 is 0 Å². The van der Waals surface area contributed by atoms with Gasteiger partial charge < -0.3 is 4.90 Å². The summed E-state index contributed by atoms with van der Waals surface area (Å²) in [6, 6.07) is 21.1. The molecule has 7 rings (SSSR count). The molecule has 0 bridgehead atoms. The van der Waals surface area contributed by atoms with Gasteiger partial charge in [-0.3, -0.25) is 9.38 Å². The van der Waals surface area contributed by atoms with E-state index in [1.807, 2.05) is 18.5 Å². The molecule has 0 atom stereocenters. The number of nitrogens with zero attached hydrogens (tertiary/aromatic N) is 5. The van der Waals surface area contributed by atoms with E-state index in [-0.39, 0.29) is 0 Å². The van der Waals surface area contributed by atoms with Crippen molar-refractivity contribution >= 4 is 16.4 Å². The minimum atomic E-state index is 0.526. The fraction of sp³-hybridized carbons (Fsp3) is 0.276. The SMILES string of the molecule is c1ccc(-c2ccc3ccc(-c4nc(C5CC(CN6CCC6)C5)n5ccncc45)cc3n2)cc1. The number of imidazole rings is 1. The molecular formula is C29H27N5. The molecule has 3 aromatic heterocycles. The van der Waals surface area contributed by atoms with Gasteiger partial charge in [-0.25, -0.2) is 9.97 Å². The Morgan fingerprint density at radius 2 is 1.74 bits per heavy atom. The van der Waals surface area contributed by atoms with Crippen molar-refractivity contribution in [3.8, 4) is 22.5 Å². The molecule has 1 aliphatic heterocycles. The lowest BCUT2D eigenvalue weighted by Gasteiger charge is -2.41. The quantitative estimate of drug-likeness (QED) is 0.342. The number of likely N-dealkylation sites (tertiary alicyclic amines) is 1. The predicted molar refractivity (Wildman–Crippen MR) is 136 cm³/mol. The van der Waals surface area contributed by atoms with E-state index in [2.05, 4.69) is 75.1 Å². The first-order valence-corrected chi connectivity index (χ1v) is 12.3. The Morgan fingerprint density at radius 1 is 0.882 bits per heavy atom. The summed E-state index contributed by atoms with van der Waals surface area (Å²) in [5, 5.41) is 1.14. The minimum absolute atomic E-state index is 0.526. The van der Waals surface area contributed by atoms with Gasteiger partial charge in [0.05, 0.1) is 28.6 Å². The number of benzene rings is 2. The second-order valence-corrected chi connectivity index (χ2v) is 9.81. The predicted octanol–water partition coefficient (Wildman–Crippen LogP) is 5.81. The fourth-order valence-electron chi connectivity index (χ4n) is 5.52. The van der Waals surface area contributed by atoms with Crippen LogP contribution < -0.4 is 0 Å². The zero-order valence-electron chi connectivity index (χ0n) is 19.1. The van der Waals surface area contributed by atoms with Gasteiger partial charge in [0.1, 0.15) is 5.82 Å². The van der Waals surface area contributed by atoms with Crippen LogP contribution in [0.5, 0.6) is 0 Å². The number of aromatic nitrogens is 4. The van der Waals surface area contributed by atoms with Crippen LogP contribution in [0.15, 0.2) is 79.3 Å². The molecule has 1 saturated heterocycles. The van der Waals surface area contributed by atoms with Crippen molar-refractivity contribution in [2.45, 2.75) is 25.2 Å². The monoisotopic (exact) mass is 445 g/mol. The van der Waals surface area contributed by atoms with E-state index < -0.39 is 0 Å². The van der Waals surface area contributed by atoms with E-state index in [9.17, 15) is 0 Å². The number of hydrogen-bond donors (Lipinski definition) is 0. The second kappa shape index (κ2) is 8.03. The summed E-state index contributed by atoms with van der Waals surface area (Å²) in [6.45, 7) is 3.82. The van der Waals surface area contributed by atoms with Gasteiger partial charge in [-0.1, -0.05) is 48.5 Å². The first kappa shape index (κ1) is 19.9. The molecule has 0 spiro atoms. The highest BCUT2D eigenvalue weighted by Gasteiger charge is 2.35. The van der Waals surface area contributed by atoms with Crippen LogP contribution >= 0.6 is 0 Å². The molecule has 1 saturated carbocycles. The number of rotatable bonds is 5. The van der Waals surface area contributed by atoms with Crippen LogP contribution in [-0.4, -0.2) is 43.9 Å². The standard InChI is InChI=1S/C29H27N5/c1-2-5-21(6-3-1)25-10-9-22-7-8-23(17-26(22)31-25)28-27-18-30-11-14-34(27)29(32-28)24-15-20(16-24)19-33-12-4-13-33/h1-3,5-11,14,17-18,20,24H,4,12-13,15-16,19H2. The summed E-state index contributed by atoms with van der Waals surface area (Å²) >= 11 is 0. The molecule has 168 valence electrons. The molecule has 2 aromatic carbocycles. The number of pyridine rings is 1. The summed E-state index contributed by atoms with van der Waals surface area (Å²) in [5.41, 5.74) is 6.28. The van der Waals surface area contributed by atoms with E-state index in [0.717, 1.165) is 44.9 Å². The lowest BCUT2D eigenvalue weighted by molar-refractivity contribution is 0.107. The zero-order valence-corrected chi connectivity index (χ0v) is 19.1. The third-order valence-corrected chi connectivity index (χ3v) is 7.57. The first-order valence-electron chi connectivity index (χ1n) is 12.3. The van der Waals surface area contributed by atoms with Crippen LogP contribution in [0.4, 0.5) is 0 Å². The average molecular weight is 446 g/mol. The van der Waals surface area contributed by atoms with Crippen molar-refractivity contribution in [3.05, 3.63) is 85.1 Å². The Kier molecular flexibility index (Phi) is 4.69. The molecule has 0 radical (unpaired) electrons. The highest BCUT2D eigenvalue weighted by molar-refractivity contribution is 5.88. The van der Waals surface area contributed by atoms with Gasteiger partial charge in [0.2, 0.25) is 0 Å². The molecule has 1 aliphatic carbocycles. The highest BCUT2D eigenvalue weighted by atomic mass is 15.2. The normalized spacial score (nSPS) is 20.4. The van der Waals surface area contributed by atoms with Crippen LogP contribution in [-0.2, 0) is 0 Å². The van der Waals surface area contributed by atoms with Crippen LogP contribution in [0, 0.1) is 5.92 Å². The number of hydrogen-bond acceptors (Lipinski definition) is 4. The topological polar surface area (TPSA) is 46.3 Å². The van der Waals surface area contributed by atoms with E-state index in [1.54, 1.807) is 0 Å². The van der Waals surface area contributed by atoms with Gasteiger partial charge in [-0.15, -0.1) is 0 Å². The molecule has 5 aromatic rings. The van der Waals surface area contributed by atoms with Crippen LogP contribution in [0.2, 0.25) is 0 Å². The molecule has 0 N–H and O–H groups in total. The third kappa shape index (κ3) is 3.39. The Bertz CT molecular complexity index is 1480. The summed E-state index contributed by atoms with van der Waals surface area (Å²) in [6.07, 6.45) is 9.71. The van der Waals surface area contributed by atoms with Crippen molar-refractivity contribution in [2.24, 2.45) is 5.92 Å². The smallest absolute Gasteiger partial charge is 0.117 e. The zero-order chi connectivity index (χ0) is 22.5. The van der Waals surface area contributed by atoms with Crippen molar-refractivity contribution in [1.82, 2.24) is 24.3 Å². The van der Waals surface area contributed by atoms with Gasteiger partial charge in [0, 0.05) is 41.4 Å². The van der Waals surface area contributed by atoms with Gasteiger partial charge in [-0.2, -0.15) is 0 Å². The lowest BCUT2D eigenvalue weighted by Crippen LogP contribution is -2.43. The first-order chi connectivity index (χ1) is 16.8. The molecule has 5 nitrogen and oxygen atoms in total. The Hall–Kier alpha value is -3.57. The number of fused-ring (bicyclic) bond motifs is 2. The maximum absolute atomic E-state index is 5.20. The Balaban J connectivity index is 1.24. The maximum atomic E-state index is 5.20. The Labute approximate surface area is 199 Å². The van der Waals surface area contributed by atoms with E-state index in [4.69, 9.17) is 9.97 Å². The van der Waals surface area contributed by atoms with Crippen molar-refractivity contribution in [2.75, 3.05) is 19.6 Å². The van der Waals surface area contributed by atoms with Crippen molar-refractivity contribution in [1.29, 1.82) is 0 Å². The lowest BCUT2D eigenvalue weighted by atomic mass is 9.74. The van der Waals surface area contributed by atoms with Gasteiger partial charge >= 0.3 is 0 Å². The van der Waals surface area contributed by atoms with Crippen LogP contribution in [0.3, 0.4) is 0 Å². The van der Waals surface area contributed by atoms with Gasteiger partial charge in [0.25, 0.3) is 0 Å². The molecule has 2 fully saturated rings.